The van der Waals surface area contributed by atoms with Crippen molar-refractivity contribution in [1.82, 2.24) is 9.99 Å². The number of nitrogens with one attached hydrogen (secondary N) is 1. The molecule has 1 aromatic heterocycles. The molecule has 1 N–H and O–H groups in total. The molecule has 1 aliphatic rings. The molecule has 0 saturated carbocycles. The van der Waals surface area contributed by atoms with Crippen LogP contribution < -0.4 is 10.1 Å². The van der Waals surface area contributed by atoms with Crippen LogP contribution in [0.3, 0.4) is 0 Å². The van der Waals surface area contributed by atoms with E-state index in [9.17, 15) is 4.79 Å². The second-order valence-electron chi connectivity index (χ2n) is 5.98. The average molecular weight is 358 g/mol. The molecule has 6 nitrogen and oxygen atoms in total. The minimum absolute atomic E-state index is 0.188. The molecule has 1 atom stereocenters. The molecule has 0 spiro atoms. The highest BCUT2D eigenvalue weighted by Crippen LogP contribution is 2.36. The molecule has 1 aliphatic heterocycles. The van der Waals surface area contributed by atoms with Crippen LogP contribution in [0.1, 0.15) is 27.8 Å². The number of benzene rings is 2. The van der Waals surface area contributed by atoms with Crippen LogP contribution in [-0.2, 0) is 0 Å². The number of carbonyl (C=O) groups excluding carboxylic acids is 1. The lowest BCUT2D eigenvalue weighted by molar-refractivity contribution is 0.0689. The number of rotatable bonds is 4. The molecule has 2 aromatic carbocycles. The Hall–Kier alpha value is -3.67. The van der Waals surface area contributed by atoms with Gasteiger partial charge in [0.15, 0.2) is 6.17 Å². The Morgan fingerprint density at radius 1 is 1.07 bits per heavy atom. The Bertz CT molecular complexity index is 988. The Morgan fingerprint density at radius 3 is 2.67 bits per heavy atom. The van der Waals surface area contributed by atoms with Gasteiger partial charge in [-0.2, -0.15) is 5.10 Å². The number of ether oxygens (including phenoxy) is 1. The summed E-state index contributed by atoms with van der Waals surface area (Å²) in [7, 11) is 1.61. The zero-order valence-electron chi connectivity index (χ0n) is 14.7. The number of hydrogen-bond donors (Lipinski definition) is 1. The number of aromatic nitrogens is 1. The number of carbonyl (C=O) groups is 1. The van der Waals surface area contributed by atoms with Gasteiger partial charge in [0, 0.05) is 17.4 Å². The van der Waals surface area contributed by atoms with Crippen LogP contribution in [0.2, 0.25) is 0 Å². The molecule has 6 heteroatoms. The van der Waals surface area contributed by atoms with E-state index in [0.717, 1.165) is 11.3 Å². The molecule has 134 valence electrons. The minimum atomic E-state index is -0.497. The van der Waals surface area contributed by atoms with E-state index in [2.05, 4.69) is 15.4 Å². The Labute approximate surface area is 157 Å². The first-order chi connectivity index (χ1) is 13.3. The molecule has 0 bridgehead atoms. The molecule has 0 fully saturated rings. The minimum Gasteiger partial charge on any atom is -0.496 e. The van der Waals surface area contributed by atoms with E-state index in [1.807, 2.05) is 60.7 Å². The molecule has 1 amide bonds. The highest BCUT2D eigenvalue weighted by molar-refractivity contribution is 6.02. The summed E-state index contributed by atoms with van der Waals surface area (Å²) in [5.74, 6) is 0.493. The largest absolute Gasteiger partial charge is 0.496 e. The number of fused-ring (bicyclic) bond motifs is 1. The summed E-state index contributed by atoms with van der Waals surface area (Å²) >= 11 is 0. The van der Waals surface area contributed by atoms with Gasteiger partial charge in [0.25, 0.3) is 5.91 Å². The maximum absolute atomic E-state index is 13.1. The fourth-order valence-electron chi connectivity index (χ4n) is 3.04. The van der Waals surface area contributed by atoms with Crippen molar-refractivity contribution in [2.24, 2.45) is 5.10 Å². The highest BCUT2D eigenvalue weighted by atomic mass is 16.5. The molecule has 0 radical (unpaired) electrons. The standard InChI is InChI=1S/C21H18N4O2/c1-27-19-12-5-3-10-17(19)20-24-18-11-4-2-9-16(18)21(26)25(20)23-14-15-8-6-7-13-22-15/h2-14,20,24H,1H3/b23-14+. The van der Waals surface area contributed by atoms with Crippen LogP contribution in [0.4, 0.5) is 5.69 Å². The molecule has 0 aliphatic carbocycles. The monoisotopic (exact) mass is 358 g/mol. The van der Waals surface area contributed by atoms with E-state index in [4.69, 9.17) is 4.74 Å². The van der Waals surface area contributed by atoms with E-state index >= 15 is 0 Å². The first-order valence-corrected chi connectivity index (χ1v) is 8.55. The van der Waals surface area contributed by atoms with Gasteiger partial charge in [-0.3, -0.25) is 9.78 Å². The molecular weight excluding hydrogens is 340 g/mol. The van der Waals surface area contributed by atoms with Gasteiger partial charge < -0.3 is 10.1 Å². The number of hydrogen-bond acceptors (Lipinski definition) is 5. The first kappa shape index (κ1) is 16.8. The zero-order chi connectivity index (χ0) is 18.6. The lowest BCUT2D eigenvalue weighted by Crippen LogP contribution is -2.39. The predicted octanol–water partition coefficient (Wildman–Crippen LogP) is 3.69. The molecule has 2 heterocycles. The van der Waals surface area contributed by atoms with Crippen molar-refractivity contribution in [3.63, 3.8) is 0 Å². The number of nitrogens with zero attached hydrogens (tertiary/aromatic N) is 3. The van der Waals surface area contributed by atoms with E-state index in [1.165, 1.54) is 5.01 Å². The van der Waals surface area contributed by atoms with E-state index < -0.39 is 6.17 Å². The van der Waals surface area contributed by atoms with E-state index in [1.54, 1.807) is 25.6 Å². The number of hydrazone groups is 1. The lowest BCUT2D eigenvalue weighted by Gasteiger charge is -2.35. The summed E-state index contributed by atoms with van der Waals surface area (Å²) in [4.78, 5) is 17.4. The van der Waals surface area contributed by atoms with Crippen molar-refractivity contribution in [1.29, 1.82) is 0 Å². The van der Waals surface area contributed by atoms with Gasteiger partial charge in [-0.15, -0.1) is 0 Å². The summed E-state index contributed by atoms with van der Waals surface area (Å²) in [5.41, 5.74) is 2.83. The number of anilines is 1. The maximum atomic E-state index is 13.1. The van der Waals surface area contributed by atoms with Crippen molar-refractivity contribution in [3.05, 3.63) is 89.7 Å². The number of pyridine rings is 1. The van der Waals surface area contributed by atoms with E-state index in [0.29, 0.717) is 17.0 Å². The zero-order valence-corrected chi connectivity index (χ0v) is 14.7. The molecule has 0 saturated heterocycles. The fraction of sp³-hybridized carbons (Fsp3) is 0.0952. The summed E-state index contributed by atoms with van der Waals surface area (Å²) in [6.07, 6.45) is 2.77. The van der Waals surface area contributed by atoms with Crippen LogP contribution in [0.5, 0.6) is 5.75 Å². The molecule has 4 rings (SSSR count). The van der Waals surface area contributed by atoms with Crippen LogP contribution in [0.25, 0.3) is 0 Å². The number of amides is 1. The van der Waals surface area contributed by atoms with Crippen molar-refractivity contribution in [3.8, 4) is 5.75 Å². The summed E-state index contributed by atoms with van der Waals surface area (Å²) in [6, 6.07) is 20.5. The lowest BCUT2D eigenvalue weighted by atomic mass is 10.0. The van der Waals surface area contributed by atoms with Crippen molar-refractivity contribution in [2.75, 3.05) is 12.4 Å². The molecule has 3 aromatic rings. The van der Waals surface area contributed by atoms with Gasteiger partial charge in [0.05, 0.1) is 24.6 Å². The second-order valence-corrected chi connectivity index (χ2v) is 5.98. The van der Waals surface area contributed by atoms with Crippen molar-refractivity contribution in [2.45, 2.75) is 6.17 Å². The fourth-order valence-corrected chi connectivity index (χ4v) is 3.04. The van der Waals surface area contributed by atoms with E-state index in [-0.39, 0.29) is 5.91 Å². The SMILES string of the molecule is COc1ccccc1C1Nc2ccccc2C(=O)N1/N=C/c1ccccn1. The summed E-state index contributed by atoms with van der Waals surface area (Å²) < 4.78 is 5.49. The van der Waals surface area contributed by atoms with Crippen LogP contribution >= 0.6 is 0 Å². The van der Waals surface area contributed by atoms with Gasteiger partial charge in [0.1, 0.15) is 5.75 Å². The second kappa shape index (κ2) is 7.29. The Morgan fingerprint density at radius 2 is 1.85 bits per heavy atom. The maximum Gasteiger partial charge on any atom is 0.278 e. The average Bonchev–Trinajstić information content (AvgIpc) is 2.73. The van der Waals surface area contributed by atoms with Gasteiger partial charge in [-0.25, -0.2) is 5.01 Å². The normalized spacial score (nSPS) is 16.1. The quantitative estimate of drug-likeness (QED) is 0.722. The third-order valence-corrected chi connectivity index (χ3v) is 4.34. The van der Waals surface area contributed by atoms with Gasteiger partial charge in [-0.05, 0) is 30.3 Å². The third-order valence-electron chi connectivity index (χ3n) is 4.34. The predicted molar refractivity (Wildman–Crippen MR) is 104 cm³/mol. The molecule has 27 heavy (non-hydrogen) atoms. The van der Waals surface area contributed by atoms with Crippen LogP contribution in [0, 0.1) is 0 Å². The summed E-state index contributed by atoms with van der Waals surface area (Å²) in [6.45, 7) is 0. The molecule has 1 unspecified atom stereocenters. The molecular formula is C21H18N4O2. The van der Waals surface area contributed by atoms with Gasteiger partial charge in [-0.1, -0.05) is 36.4 Å². The van der Waals surface area contributed by atoms with Crippen molar-refractivity contribution < 1.29 is 9.53 Å². The first-order valence-electron chi connectivity index (χ1n) is 8.55. The van der Waals surface area contributed by atoms with Crippen molar-refractivity contribution >= 4 is 17.8 Å². The van der Waals surface area contributed by atoms with Gasteiger partial charge in [0.2, 0.25) is 0 Å². The van der Waals surface area contributed by atoms with Crippen LogP contribution in [-0.4, -0.2) is 29.2 Å². The third kappa shape index (κ3) is 3.25. The summed E-state index contributed by atoms with van der Waals surface area (Å²) in [5, 5.41) is 9.27. The highest BCUT2D eigenvalue weighted by Gasteiger charge is 2.34. The Kier molecular flexibility index (Phi) is 4.53. The topological polar surface area (TPSA) is 66.8 Å². The van der Waals surface area contributed by atoms with Crippen LogP contribution in [0.15, 0.2) is 78.0 Å². The smallest absolute Gasteiger partial charge is 0.278 e. The number of methoxy groups -OCH3 is 1. The van der Waals surface area contributed by atoms with Gasteiger partial charge >= 0.3 is 0 Å². The number of para-hydroxylation sites is 2. The Balaban J connectivity index is 1.79.